The minimum absolute atomic E-state index is 0.0403. The zero-order chi connectivity index (χ0) is 16.4. The van der Waals surface area contributed by atoms with E-state index in [9.17, 15) is 9.59 Å². The van der Waals surface area contributed by atoms with Gasteiger partial charge in [0.15, 0.2) is 6.61 Å². The van der Waals surface area contributed by atoms with Crippen molar-refractivity contribution in [3.05, 3.63) is 41.5 Å². The average molecular weight is 314 g/mol. The molecular formula is C16H18N4O3. The normalized spacial score (nSPS) is 14.4. The summed E-state index contributed by atoms with van der Waals surface area (Å²) in [5.41, 5.74) is 2.00. The summed E-state index contributed by atoms with van der Waals surface area (Å²) in [4.78, 5) is 31.1. The van der Waals surface area contributed by atoms with E-state index >= 15 is 0 Å². The van der Waals surface area contributed by atoms with Crippen molar-refractivity contribution in [1.29, 1.82) is 0 Å². The third-order valence-corrected chi connectivity index (χ3v) is 3.64. The number of anilines is 1. The Morgan fingerprint density at radius 1 is 1.48 bits per heavy atom. The molecule has 2 heterocycles. The molecule has 0 bridgehead atoms. The first-order valence-corrected chi connectivity index (χ1v) is 7.46. The smallest absolute Gasteiger partial charge is 0.262 e. The summed E-state index contributed by atoms with van der Waals surface area (Å²) in [5, 5.41) is 5.65. The summed E-state index contributed by atoms with van der Waals surface area (Å²) in [6, 6.07) is 4.76. The van der Waals surface area contributed by atoms with Crippen LogP contribution in [0.2, 0.25) is 0 Å². The maximum absolute atomic E-state index is 12.4. The third-order valence-electron chi connectivity index (χ3n) is 3.64. The molecule has 0 spiro atoms. The van der Waals surface area contributed by atoms with Gasteiger partial charge in [0, 0.05) is 17.5 Å². The lowest BCUT2D eigenvalue weighted by molar-refractivity contribution is -0.118. The second kappa shape index (κ2) is 6.12. The molecule has 7 heteroatoms. The van der Waals surface area contributed by atoms with Crippen molar-refractivity contribution in [2.45, 2.75) is 26.3 Å². The van der Waals surface area contributed by atoms with Gasteiger partial charge in [0.1, 0.15) is 11.6 Å². The van der Waals surface area contributed by atoms with Gasteiger partial charge in [0.2, 0.25) is 0 Å². The zero-order valence-corrected chi connectivity index (χ0v) is 13.0. The molecule has 7 nitrogen and oxygen atoms in total. The summed E-state index contributed by atoms with van der Waals surface area (Å²) >= 11 is 0. The number of aryl methyl sites for hydroxylation is 1. The van der Waals surface area contributed by atoms with Crippen molar-refractivity contribution in [2.75, 3.05) is 11.9 Å². The topological polar surface area (TPSA) is 96.1 Å². The monoisotopic (exact) mass is 314 g/mol. The number of hydrogen-bond acceptors (Lipinski definition) is 4. The first-order chi connectivity index (χ1) is 11.1. The number of nitrogens with zero attached hydrogens (tertiary/aromatic N) is 1. The molecule has 2 aromatic rings. The number of fused-ring (bicyclic) bond motifs is 1. The first-order valence-electron chi connectivity index (χ1n) is 7.46. The Bertz CT molecular complexity index is 754. The van der Waals surface area contributed by atoms with Gasteiger partial charge >= 0.3 is 0 Å². The van der Waals surface area contributed by atoms with Crippen molar-refractivity contribution >= 4 is 17.5 Å². The van der Waals surface area contributed by atoms with Crippen LogP contribution in [0.15, 0.2) is 24.4 Å². The molecule has 3 N–H and O–H groups in total. The Balaban J connectivity index is 1.76. The van der Waals surface area contributed by atoms with Gasteiger partial charge < -0.3 is 20.4 Å². The molecule has 0 unspecified atom stereocenters. The number of amides is 2. The minimum atomic E-state index is -0.214. The fourth-order valence-corrected chi connectivity index (χ4v) is 2.43. The lowest BCUT2D eigenvalue weighted by atomic mass is 10.1. The molecule has 120 valence electrons. The van der Waals surface area contributed by atoms with E-state index in [0.29, 0.717) is 17.0 Å². The summed E-state index contributed by atoms with van der Waals surface area (Å²) in [7, 11) is 0. The van der Waals surface area contributed by atoms with Gasteiger partial charge in [0.05, 0.1) is 11.7 Å². The predicted molar refractivity (Wildman–Crippen MR) is 84.4 cm³/mol. The number of hydrogen-bond donors (Lipinski definition) is 3. The van der Waals surface area contributed by atoms with Crippen molar-refractivity contribution in [2.24, 2.45) is 0 Å². The molecule has 0 aliphatic carbocycles. The molecular weight excluding hydrogens is 296 g/mol. The van der Waals surface area contributed by atoms with Gasteiger partial charge in [-0.1, -0.05) is 6.92 Å². The van der Waals surface area contributed by atoms with Crippen LogP contribution in [-0.4, -0.2) is 28.4 Å². The maximum atomic E-state index is 12.4. The first kappa shape index (κ1) is 15.1. The van der Waals surface area contributed by atoms with E-state index < -0.39 is 0 Å². The molecule has 1 aromatic carbocycles. The Hall–Kier alpha value is -2.83. The number of aromatic amines is 1. The van der Waals surface area contributed by atoms with Crippen molar-refractivity contribution in [1.82, 2.24) is 15.3 Å². The number of H-pyrrole nitrogens is 1. The fourth-order valence-electron chi connectivity index (χ4n) is 2.43. The highest BCUT2D eigenvalue weighted by Gasteiger charge is 2.20. The van der Waals surface area contributed by atoms with E-state index in [4.69, 9.17) is 4.74 Å². The Labute approximate surface area is 133 Å². The fraction of sp³-hybridized carbons (Fsp3) is 0.312. The molecule has 3 rings (SSSR count). The van der Waals surface area contributed by atoms with Crippen LogP contribution in [0.25, 0.3) is 0 Å². The standard InChI is InChI=1S/C16H18N4O3/c1-3-11(15-17-7-9(2)18-15)20-16(22)10-4-5-12-13(6-10)23-8-14(21)19-12/h4-7,11H,3,8H2,1-2H3,(H,17,18)(H,19,21)(H,20,22)/t11-/m1/s1. The highest BCUT2D eigenvalue weighted by molar-refractivity contribution is 5.99. The summed E-state index contributed by atoms with van der Waals surface area (Å²) in [5.74, 6) is 0.821. The molecule has 23 heavy (non-hydrogen) atoms. The molecule has 1 aliphatic heterocycles. The van der Waals surface area contributed by atoms with E-state index in [0.717, 1.165) is 17.9 Å². The number of carbonyl (C=O) groups excluding carboxylic acids is 2. The van der Waals surface area contributed by atoms with Gasteiger partial charge in [-0.05, 0) is 31.5 Å². The van der Waals surface area contributed by atoms with Crippen molar-refractivity contribution in [3.63, 3.8) is 0 Å². The van der Waals surface area contributed by atoms with Crippen LogP contribution in [-0.2, 0) is 4.79 Å². The van der Waals surface area contributed by atoms with Gasteiger partial charge in [-0.25, -0.2) is 4.98 Å². The maximum Gasteiger partial charge on any atom is 0.262 e. The largest absolute Gasteiger partial charge is 0.482 e. The minimum Gasteiger partial charge on any atom is -0.482 e. The Morgan fingerprint density at radius 3 is 3.00 bits per heavy atom. The van der Waals surface area contributed by atoms with E-state index in [1.165, 1.54) is 0 Å². The second-order valence-electron chi connectivity index (χ2n) is 5.43. The number of aromatic nitrogens is 2. The van der Waals surface area contributed by atoms with Crippen LogP contribution in [0.4, 0.5) is 5.69 Å². The lowest BCUT2D eigenvalue weighted by Gasteiger charge is -2.19. The summed E-state index contributed by atoms with van der Waals surface area (Å²) in [6.07, 6.45) is 2.45. The number of ether oxygens (including phenoxy) is 1. The van der Waals surface area contributed by atoms with E-state index in [1.54, 1.807) is 24.4 Å². The van der Waals surface area contributed by atoms with Crippen LogP contribution in [0.3, 0.4) is 0 Å². The van der Waals surface area contributed by atoms with Crippen LogP contribution >= 0.6 is 0 Å². The van der Waals surface area contributed by atoms with Gasteiger partial charge in [-0.3, -0.25) is 9.59 Å². The summed E-state index contributed by atoms with van der Waals surface area (Å²) < 4.78 is 5.34. The quantitative estimate of drug-likeness (QED) is 0.803. The molecule has 1 aliphatic rings. The number of imidazole rings is 1. The Kier molecular flexibility index (Phi) is 4.01. The molecule has 1 aromatic heterocycles. The lowest BCUT2D eigenvalue weighted by Crippen LogP contribution is -2.29. The molecule has 0 saturated heterocycles. The molecule has 0 saturated carbocycles. The van der Waals surface area contributed by atoms with Gasteiger partial charge in [-0.2, -0.15) is 0 Å². The SMILES string of the molecule is CC[C@@H](NC(=O)c1ccc2c(c1)OCC(=O)N2)c1ncc(C)[nH]1. The molecule has 1 atom stereocenters. The molecule has 2 amide bonds. The van der Waals surface area contributed by atoms with Gasteiger partial charge in [-0.15, -0.1) is 0 Å². The average Bonchev–Trinajstić information content (AvgIpc) is 2.98. The van der Waals surface area contributed by atoms with E-state index in [1.807, 2.05) is 13.8 Å². The van der Waals surface area contributed by atoms with Crippen LogP contribution < -0.4 is 15.4 Å². The number of benzene rings is 1. The van der Waals surface area contributed by atoms with E-state index in [2.05, 4.69) is 20.6 Å². The van der Waals surface area contributed by atoms with Crippen molar-refractivity contribution in [3.8, 4) is 5.75 Å². The second-order valence-corrected chi connectivity index (χ2v) is 5.43. The number of nitrogens with one attached hydrogen (secondary N) is 3. The number of carbonyl (C=O) groups is 2. The molecule has 0 fully saturated rings. The summed E-state index contributed by atoms with van der Waals surface area (Å²) in [6.45, 7) is 3.86. The van der Waals surface area contributed by atoms with Crippen LogP contribution in [0, 0.1) is 6.92 Å². The zero-order valence-electron chi connectivity index (χ0n) is 13.0. The number of rotatable bonds is 4. The highest BCUT2D eigenvalue weighted by Crippen LogP contribution is 2.28. The highest BCUT2D eigenvalue weighted by atomic mass is 16.5. The molecule has 0 radical (unpaired) electrons. The van der Waals surface area contributed by atoms with E-state index in [-0.39, 0.29) is 24.5 Å². The van der Waals surface area contributed by atoms with Crippen molar-refractivity contribution < 1.29 is 14.3 Å². The third kappa shape index (κ3) is 3.18. The predicted octanol–water partition coefficient (Wildman–Crippen LogP) is 1.93. The van der Waals surface area contributed by atoms with Crippen LogP contribution in [0.5, 0.6) is 5.75 Å². The van der Waals surface area contributed by atoms with Gasteiger partial charge in [0.25, 0.3) is 11.8 Å². The van der Waals surface area contributed by atoms with Crippen LogP contribution in [0.1, 0.15) is 41.3 Å². The Morgan fingerprint density at radius 2 is 2.30 bits per heavy atom.